The first-order valence-corrected chi connectivity index (χ1v) is 9.57. The third-order valence-electron chi connectivity index (χ3n) is 5.11. The first-order chi connectivity index (χ1) is 10.2. The van der Waals surface area contributed by atoms with Gasteiger partial charge in [0.15, 0.2) is 0 Å². The highest BCUT2D eigenvalue weighted by Crippen LogP contribution is 2.48. The number of nitrogens with two attached hydrogens (primary N) is 1. The minimum Gasteiger partial charge on any atom is -0.394 e. The third kappa shape index (κ3) is 3.29. The molecule has 7 nitrogen and oxygen atoms in total. The van der Waals surface area contributed by atoms with E-state index in [1.165, 1.54) is 10.6 Å². The van der Waals surface area contributed by atoms with Crippen LogP contribution in [-0.4, -0.2) is 73.2 Å². The van der Waals surface area contributed by atoms with Crippen LogP contribution in [0.15, 0.2) is 0 Å². The van der Waals surface area contributed by atoms with E-state index in [-0.39, 0.29) is 17.9 Å². The number of piperidine rings is 1. The Balaban J connectivity index is 2.10. The number of nitrogens with zero attached hydrogens (tertiary/aromatic N) is 2. The highest BCUT2D eigenvalue weighted by atomic mass is 32.2. The van der Waals surface area contributed by atoms with Crippen molar-refractivity contribution < 1.29 is 18.3 Å². The molecule has 22 heavy (non-hydrogen) atoms. The molecular weight excluding hydrogens is 306 g/mol. The molecule has 0 unspecified atom stereocenters. The topological polar surface area (TPSA) is 104 Å². The second kappa shape index (κ2) is 6.07. The van der Waals surface area contributed by atoms with E-state index in [4.69, 9.17) is 5.73 Å². The number of amides is 1. The summed E-state index contributed by atoms with van der Waals surface area (Å²) in [5.74, 6) is 0.0697. The van der Waals surface area contributed by atoms with Crippen LogP contribution in [0.2, 0.25) is 0 Å². The van der Waals surface area contributed by atoms with E-state index in [9.17, 15) is 18.3 Å². The fourth-order valence-electron chi connectivity index (χ4n) is 3.95. The lowest BCUT2D eigenvalue weighted by Gasteiger charge is -2.39. The van der Waals surface area contributed by atoms with E-state index >= 15 is 0 Å². The molecule has 2 rings (SSSR count). The number of aliphatic hydroxyl groups is 1. The molecule has 0 aromatic heterocycles. The fraction of sp³-hybridized carbons (Fsp3) is 0.929. The zero-order chi connectivity index (χ0) is 16.6. The Morgan fingerprint density at radius 1 is 1.32 bits per heavy atom. The van der Waals surface area contributed by atoms with Gasteiger partial charge in [-0.15, -0.1) is 0 Å². The van der Waals surface area contributed by atoms with Crippen molar-refractivity contribution in [3.05, 3.63) is 0 Å². The zero-order valence-corrected chi connectivity index (χ0v) is 14.2. The molecule has 1 spiro atoms. The first kappa shape index (κ1) is 17.7. The molecule has 1 atom stereocenters. The number of carbonyl (C=O) groups is 1. The average molecular weight is 333 g/mol. The van der Waals surface area contributed by atoms with Crippen molar-refractivity contribution in [2.24, 2.45) is 11.1 Å². The molecule has 0 aliphatic carbocycles. The number of sulfonamides is 1. The van der Waals surface area contributed by atoms with Gasteiger partial charge in [0.2, 0.25) is 15.9 Å². The van der Waals surface area contributed by atoms with Crippen LogP contribution in [0.3, 0.4) is 0 Å². The Hall–Kier alpha value is -0.700. The van der Waals surface area contributed by atoms with Crippen LogP contribution >= 0.6 is 0 Å². The molecule has 2 fully saturated rings. The summed E-state index contributed by atoms with van der Waals surface area (Å²) < 4.78 is 25.5. The molecule has 0 aromatic carbocycles. The molecule has 2 aliphatic heterocycles. The van der Waals surface area contributed by atoms with Crippen LogP contribution < -0.4 is 5.73 Å². The van der Waals surface area contributed by atoms with E-state index in [0.717, 1.165) is 12.8 Å². The van der Waals surface area contributed by atoms with Gasteiger partial charge in [0.25, 0.3) is 0 Å². The summed E-state index contributed by atoms with van der Waals surface area (Å²) in [6, 6.07) is 0. The Morgan fingerprint density at radius 3 is 2.32 bits per heavy atom. The van der Waals surface area contributed by atoms with Gasteiger partial charge in [-0.25, -0.2) is 8.42 Å². The van der Waals surface area contributed by atoms with Gasteiger partial charge < -0.3 is 15.7 Å². The Bertz CT molecular complexity index is 528. The van der Waals surface area contributed by atoms with Crippen LogP contribution in [0.25, 0.3) is 0 Å². The van der Waals surface area contributed by atoms with E-state index in [1.807, 2.05) is 4.90 Å². The lowest BCUT2D eigenvalue weighted by Crippen LogP contribution is -2.47. The monoisotopic (exact) mass is 333 g/mol. The molecule has 2 heterocycles. The van der Waals surface area contributed by atoms with E-state index in [2.05, 4.69) is 0 Å². The molecule has 3 N–H and O–H groups in total. The van der Waals surface area contributed by atoms with Crippen molar-refractivity contribution in [1.82, 2.24) is 9.21 Å². The summed E-state index contributed by atoms with van der Waals surface area (Å²) in [4.78, 5) is 13.7. The summed E-state index contributed by atoms with van der Waals surface area (Å²) in [6.07, 6.45) is 3.73. The van der Waals surface area contributed by atoms with Crippen LogP contribution in [-0.2, 0) is 14.8 Å². The molecule has 8 heteroatoms. The van der Waals surface area contributed by atoms with Crippen molar-refractivity contribution in [3.63, 3.8) is 0 Å². The van der Waals surface area contributed by atoms with E-state index in [0.29, 0.717) is 39.0 Å². The molecule has 0 aromatic rings. The molecule has 2 saturated heterocycles. The van der Waals surface area contributed by atoms with Gasteiger partial charge in [0.1, 0.15) is 0 Å². The lowest BCUT2D eigenvalue weighted by molar-refractivity contribution is -0.133. The number of hydrogen-bond donors (Lipinski definition) is 2. The van der Waals surface area contributed by atoms with Crippen LogP contribution in [0.4, 0.5) is 0 Å². The zero-order valence-electron chi connectivity index (χ0n) is 13.4. The van der Waals surface area contributed by atoms with Gasteiger partial charge in [0, 0.05) is 32.6 Å². The summed E-state index contributed by atoms with van der Waals surface area (Å²) in [5.41, 5.74) is 4.54. The second-order valence-corrected chi connectivity index (χ2v) is 8.93. The maximum absolute atomic E-state index is 12.0. The maximum Gasteiger partial charge on any atom is 0.223 e. The SMILES string of the molecule is C[C@]1(CO)CC2(CCN(C(=O)CCN)CC2)CN1S(C)(=O)=O. The number of carbonyl (C=O) groups excluding carboxylic acids is 1. The summed E-state index contributed by atoms with van der Waals surface area (Å²) in [6.45, 7) is 3.68. The van der Waals surface area contributed by atoms with E-state index in [1.54, 1.807) is 6.92 Å². The minimum atomic E-state index is -3.36. The molecule has 0 bridgehead atoms. The van der Waals surface area contributed by atoms with Gasteiger partial charge >= 0.3 is 0 Å². The molecule has 0 saturated carbocycles. The molecule has 2 aliphatic rings. The summed E-state index contributed by atoms with van der Waals surface area (Å²) in [7, 11) is -3.36. The smallest absolute Gasteiger partial charge is 0.223 e. The van der Waals surface area contributed by atoms with E-state index < -0.39 is 15.6 Å². The molecular formula is C14H27N3O4S. The van der Waals surface area contributed by atoms with Gasteiger partial charge in [-0.1, -0.05) is 0 Å². The highest BCUT2D eigenvalue weighted by molar-refractivity contribution is 7.88. The standard InChI is InChI=1S/C14H27N3O4S/c1-13(11-18)9-14(10-17(13)22(2,20)21)4-7-16(8-5-14)12(19)3-6-15/h18H,3-11,15H2,1-2H3/t13-/m1/s1. The predicted molar refractivity (Wildman–Crippen MR) is 83.6 cm³/mol. The van der Waals surface area contributed by atoms with Crippen LogP contribution in [0.5, 0.6) is 0 Å². The summed E-state index contributed by atoms with van der Waals surface area (Å²) >= 11 is 0. The van der Waals surface area contributed by atoms with Crippen molar-refractivity contribution in [1.29, 1.82) is 0 Å². The predicted octanol–water partition coefficient (Wildman–Crippen LogP) is -0.640. The molecule has 128 valence electrons. The first-order valence-electron chi connectivity index (χ1n) is 7.72. The van der Waals surface area contributed by atoms with Crippen LogP contribution in [0, 0.1) is 5.41 Å². The maximum atomic E-state index is 12.0. The normalized spacial score (nSPS) is 29.2. The lowest BCUT2D eigenvalue weighted by atomic mass is 9.74. The van der Waals surface area contributed by atoms with Gasteiger partial charge in [0.05, 0.1) is 18.4 Å². The number of likely N-dealkylation sites (tertiary alicyclic amines) is 1. The quantitative estimate of drug-likeness (QED) is 0.712. The number of hydrogen-bond acceptors (Lipinski definition) is 5. The van der Waals surface area contributed by atoms with Crippen molar-refractivity contribution in [2.75, 3.05) is 39.0 Å². The van der Waals surface area contributed by atoms with Crippen molar-refractivity contribution >= 4 is 15.9 Å². The van der Waals surface area contributed by atoms with Crippen molar-refractivity contribution in [3.8, 4) is 0 Å². The van der Waals surface area contributed by atoms with Crippen LogP contribution in [0.1, 0.15) is 32.6 Å². The molecule has 1 amide bonds. The van der Waals surface area contributed by atoms with Gasteiger partial charge in [-0.3, -0.25) is 4.79 Å². The Kier molecular flexibility index (Phi) is 4.87. The van der Waals surface area contributed by atoms with Crippen molar-refractivity contribution in [2.45, 2.75) is 38.1 Å². The third-order valence-corrected chi connectivity index (χ3v) is 6.48. The fourth-order valence-corrected chi connectivity index (χ4v) is 5.38. The van der Waals surface area contributed by atoms with Gasteiger partial charge in [-0.05, 0) is 31.6 Å². The highest BCUT2D eigenvalue weighted by Gasteiger charge is 2.54. The Labute approximate surface area is 132 Å². The second-order valence-electron chi connectivity index (χ2n) is 7.02. The Morgan fingerprint density at radius 2 is 1.91 bits per heavy atom. The largest absolute Gasteiger partial charge is 0.394 e. The molecule has 0 radical (unpaired) electrons. The van der Waals surface area contributed by atoms with Gasteiger partial charge in [-0.2, -0.15) is 4.31 Å². The average Bonchev–Trinajstić information content (AvgIpc) is 2.74. The number of rotatable bonds is 4. The minimum absolute atomic E-state index is 0.0697. The summed E-state index contributed by atoms with van der Waals surface area (Å²) in [5, 5.41) is 9.70. The number of aliphatic hydroxyl groups excluding tert-OH is 1.